The van der Waals surface area contributed by atoms with Gasteiger partial charge in [-0.15, -0.1) is 0 Å². The molecule has 5 heteroatoms. The molecule has 0 aliphatic carbocycles. The first-order chi connectivity index (χ1) is 5.66. The lowest BCUT2D eigenvalue weighted by atomic mass is 10.2. The Kier molecular flexibility index (Phi) is 2.82. The van der Waals surface area contributed by atoms with Crippen molar-refractivity contribution in [3.8, 4) is 6.07 Å². The van der Waals surface area contributed by atoms with Gasteiger partial charge in [0.1, 0.15) is 6.07 Å². The van der Waals surface area contributed by atoms with Gasteiger partial charge in [-0.1, -0.05) is 17.7 Å². The van der Waals surface area contributed by atoms with Crippen molar-refractivity contribution in [1.29, 1.82) is 5.26 Å². The summed E-state index contributed by atoms with van der Waals surface area (Å²) in [7, 11) is 0. The standard InChI is InChI=1S/C7H4ClNO2S/c8-6-2-1-3-7(12(10)11)5(6)4-9/h1-3H,(H,10,11). The number of rotatable bonds is 1. The molecule has 0 aromatic heterocycles. The Hall–Kier alpha value is -0.890. The zero-order valence-electron chi connectivity index (χ0n) is 5.82. The molecule has 1 aromatic carbocycles. The summed E-state index contributed by atoms with van der Waals surface area (Å²) in [5.74, 6) is 0. The molecular weight excluding hydrogens is 198 g/mol. The molecule has 0 bridgehead atoms. The zero-order chi connectivity index (χ0) is 9.14. The normalized spacial score (nSPS) is 12.1. The van der Waals surface area contributed by atoms with E-state index in [0.717, 1.165) is 0 Å². The van der Waals surface area contributed by atoms with Crippen molar-refractivity contribution in [2.45, 2.75) is 4.90 Å². The third-order valence-corrected chi connectivity index (χ3v) is 2.31. The summed E-state index contributed by atoms with van der Waals surface area (Å²) in [5.41, 5.74) is 0.0556. The molecular formula is C7H4ClNO2S. The molecule has 0 spiro atoms. The van der Waals surface area contributed by atoms with Gasteiger partial charge in [-0.2, -0.15) is 5.26 Å². The van der Waals surface area contributed by atoms with Gasteiger partial charge >= 0.3 is 0 Å². The molecule has 62 valence electrons. The highest BCUT2D eigenvalue weighted by Crippen LogP contribution is 2.20. The number of hydrogen-bond acceptors (Lipinski definition) is 2. The smallest absolute Gasteiger partial charge is 0.187 e. The van der Waals surface area contributed by atoms with Crippen LogP contribution in [0.5, 0.6) is 0 Å². The molecule has 0 saturated heterocycles. The molecule has 0 fully saturated rings. The average molecular weight is 202 g/mol. The van der Waals surface area contributed by atoms with Crippen molar-refractivity contribution in [3.63, 3.8) is 0 Å². The predicted octanol–water partition coefficient (Wildman–Crippen LogP) is 1.79. The maximum atomic E-state index is 10.6. The van der Waals surface area contributed by atoms with E-state index in [-0.39, 0.29) is 15.5 Å². The average Bonchev–Trinajstić information content (AvgIpc) is 2.03. The van der Waals surface area contributed by atoms with Gasteiger partial charge in [0, 0.05) is 0 Å². The molecule has 0 heterocycles. The van der Waals surface area contributed by atoms with Gasteiger partial charge in [-0.25, -0.2) is 4.21 Å². The quantitative estimate of drug-likeness (QED) is 0.705. The van der Waals surface area contributed by atoms with Crippen LogP contribution in [0.1, 0.15) is 5.56 Å². The van der Waals surface area contributed by atoms with E-state index in [1.165, 1.54) is 18.2 Å². The molecule has 0 radical (unpaired) electrons. The second-order valence-electron chi connectivity index (χ2n) is 1.97. The van der Waals surface area contributed by atoms with Gasteiger partial charge in [0.25, 0.3) is 0 Å². The van der Waals surface area contributed by atoms with Crippen molar-refractivity contribution < 1.29 is 8.76 Å². The summed E-state index contributed by atoms with van der Waals surface area (Å²) >= 11 is 3.45. The summed E-state index contributed by atoms with van der Waals surface area (Å²) in [4.78, 5) is 0.0463. The van der Waals surface area contributed by atoms with Crippen LogP contribution in [0.4, 0.5) is 0 Å². The first-order valence-corrected chi connectivity index (χ1v) is 4.44. The second-order valence-corrected chi connectivity index (χ2v) is 3.32. The first-order valence-electron chi connectivity index (χ1n) is 2.96. The number of nitriles is 1. The molecule has 0 aliphatic heterocycles. The monoisotopic (exact) mass is 201 g/mol. The third kappa shape index (κ3) is 1.64. The minimum Gasteiger partial charge on any atom is -0.302 e. The molecule has 0 aliphatic rings. The van der Waals surface area contributed by atoms with Crippen molar-refractivity contribution in [1.82, 2.24) is 0 Å². The van der Waals surface area contributed by atoms with E-state index in [2.05, 4.69) is 0 Å². The van der Waals surface area contributed by atoms with Gasteiger partial charge in [-0.05, 0) is 12.1 Å². The van der Waals surface area contributed by atoms with E-state index in [0.29, 0.717) is 0 Å². The summed E-state index contributed by atoms with van der Waals surface area (Å²) < 4.78 is 19.4. The summed E-state index contributed by atoms with van der Waals surface area (Å²) in [6.07, 6.45) is 0. The lowest BCUT2D eigenvalue weighted by Gasteiger charge is -1.98. The second kappa shape index (κ2) is 3.68. The molecule has 0 saturated carbocycles. The Morgan fingerprint density at radius 3 is 2.67 bits per heavy atom. The van der Waals surface area contributed by atoms with Crippen LogP contribution in [0.25, 0.3) is 0 Å². The van der Waals surface area contributed by atoms with E-state index in [4.69, 9.17) is 21.4 Å². The van der Waals surface area contributed by atoms with Crippen molar-refractivity contribution >= 4 is 22.7 Å². The summed E-state index contributed by atoms with van der Waals surface area (Å²) in [5, 5.41) is 8.76. The lowest BCUT2D eigenvalue weighted by molar-refractivity contribution is 0.564. The highest BCUT2D eigenvalue weighted by molar-refractivity contribution is 7.79. The maximum absolute atomic E-state index is 10.6. The third-order valence-electron chi connectivity index (χ3n) is 1.28. The van der Waals surface area contributed by atoms with Crippen LogP contribution < -0.4 is 0 Å². The van der Waals surface area contributed by atoms with E-state index < -0.39 is 11.1 Å². The molecule has 1 atom stereocenters. The minimum absolute atomic E-state index is 0.0463. The molecule has 12 heavy (non-hydrogen) atoms. The van der Waals surface area contributed by atoms with Crippen LogP contribution >= 0.6 is 11.6 Å². The van der Waals surface area contributed by atoms with E-state index in [1.807, 2.05) is 0 Å². The Morgan fingerprint density at radius 1 is 1.58 bits per heavy atom. The van der Waals surface area contributed by atoms with Gasteiger partial charge in [0.05, 0.1) is 15.5 Å². The number of nitrogens with zero attached hydrogens (tertiary/aromatic N) is 1. The fraction of sp³-hybridized carbons (Fsp3) is 0. The van der Waals surface area contributed by atoms with Gasteiger partial charge in [0.15, 0.2) is 11.1 Å². The maximum Gasteiger partial charge on any atom is 0.187 e. The fourth-order valence-corrected chi connectivity index (χ4v) is 1.56. The molecule has 1 aromatic rings. The van der Waals surface area contributed by atoms with Crippen LogP contribution in [-0.2, 0) is 11.1 Å². The first kappa shape index (κ1) is 9.20. The van der Waals surface area contributed by atoms with Crippen LogP contribution in [0.15, 0.2) is 23.1 Å². The van der Waals surface area contributed by atoms with Crippen LogP contribution in [0.2, 0.25) is 5.02 Å². The van der Waals surface area contributed by atoms with Crippen molar-refractivity contribution in [3.05, 3.63) is 28.8 Å². The topological polar surface area (TPSA) is 61.1 Å². The molecule has 0 amide bonds. The molecule has 1 unspecified atom stereocenters. The molecule has 1 rings (SSSR count). The summed E-state index contributed by atoms with van der Waals surface area (Å²) in [6, 6.07) is 6.17. The molecule has 1 N–H and O–H groups in total. The Morgan fingerprint density at radius 2 is 2.25 bits per heavy atom. The Balaban J connectivity index is 3.40. The highest BCUT2D eigenvalue weighted by atomic mass is 35.5. The largest absolute Gasteiger partial charge is 0.302 e. The zero-order valence-corrected chi connectivity index (χ0v) is 7.39. The number of hydrogen-bond donors (Lipinski definition) is 1. The van der Waals surface area contributed by atoms with Crippen molar-refractivity contribution in [2.75, 3.05) is 0 Å². The predicted molar refractivity (Wildman–Crippen MR) is 45.2 cm³/mol. The van der Waals surface area contributed by atoms with Crippen LogP contribution in [0, 0.1) is 11.3 Å². The van der Waals surface area contributed by atoms with E-state index in [9.17, 15) is 4.21 Å². The fourth-order valence-electron chi connectivity index (χ4n) is 0.758. The number of halogens is 1. The van der Waals surface area contributed by atoms with E-state index in [1.54, 1.807) is 6.07 Å². The van der Waals surface area contributed by atoms with Crippen molar-refractivity contribution in [2.24, 2.45) is 0 Å². The number of benzene rings is 1. The molecule has 3 nitrogen and oxygen atoms in total. The minimum atomic E-state index is -2.16. The highest BCUT2D eigenvalue weighted by Gasteiger charge is 2.09. The Labute approximate surface area is 76.9 Å². The van der Waals surface area contributed by atoms with Gasteiger partial charge in [-0.3, -0.25) is 0 Å². The van der Waals surface area contributed by atoms with Gasteiger partial charge < -0.3 is 4.55 Å². The van der Waals surface area contributed by atoms with Gasteiger partial charge in [0.2, 0.25) is 0 Å². The SMILES string of the molecule is N#Cc1c(Cl)cccc1S(=O)O. The summed E-state index contributed by atoms with van der Waals surface area (Å²) in [6.45, 7) is 0. The van der Waals surface area contributed by atoms with E-state index >= 15 is 0 Å². The lowest BCUT2D eigenvalue weighted by Crippen LogP contribution is -1.93. The van der Waals surface area contributed by atoms with Crippen LogP contribution in [-0.4, -0.2) is 8.76 Å². The van der Waals surface area contributed by atoms with Crippen LogP contribution in [0.3, 0.4) is 0 Å². The Bertz CT molecular complexity index is 372.